The molecule has 152 valence electrons. The minimum Gasteiger partial charge on any atom is -0.497 e. The van der Waals surface area contributed by atoms with E-state index in [2.05, 4.69) is 28.6 Å². The first-order chi connectivity index (χ1) is 14.1. The zero-order valence-corrected chi connectivity index (χ0v) is 16.7. The highest BCUT2D eigenvalue weighted by molar-refractivity contribution is 5.88. The van der Waals surface area contributed by atoms with Crippen LogP contribution in [-0.4, -0.2) is 32.1 Å². The lowest BCUT2D eigenvalue weighted by molar-refractivity contribution is 0.174. The molecule has 4 rings (SSSR count). The van der Waals surface area contributed by atoms with Crippen molar-refractivity contribution >= 4 is 11.7 Å². The summed E-state index contributed by atoms with van der Waals surface area (Å²) in [5.41, 5.74) is 8.47. The number of ether oxygens (including phenoxy) is 3. The zero-order chi connectivity index (χ0) is 20.3. The van der Waals surface area contributed by atoms with Crippen molar-refractivity contribution in [3.05, 3.63) is 59.7 Å². The van der Waals surface area contributed by atoms with Gasteiger partial charge in [-0.2, -0.15) is 0 Å². The van der Waals surface area contributed by atoms with Crippen LogP contribution in [0.4, 0.5) is 0 Å². The van der Waals surface area contributed by atoms with Gasteiger partial charge in [-0.25, -0.2) is 4.99 Å². The van der Waals surface area contributed by atoms with Crippen molar-refractivity contribution in [2.24, 2.45) is 10.7 Å². The molecule has 7 nitrogen and oxygen atoms in total. The number of fused-ring (bicyclic) bond motifs is 1. The summed E-state index contributed by atoms with van der Waals surface area (Å²) < 4.78 is 16.3. The Bertz CT molecular complexity index is 957. The Balaban J connectivity index is 1.70. The SMILES string of the molecule is CCCNC1(Cc2ccc3c(c2)OCO3)C=C(c2cccc(OC)c2)N=C(N)N1. The predicted molar refractivity (Wildman–Crippen MR) is 113 cm³/mol. The van der Waals surface area contributed by atoms with Crippen LogP contribution in [0.2, 0.25) is 0 Å². The smallest absolute Gasteiger partial charge is 0.231 e. The van der Waals surface area contributed by atoms with Crippen molar-refractivity contribution in [3.63, 3.8) is 0 Å². The summed E-state index contributed by atoms with van der Waals surface area (Å²) in [5, 5.41) is 6.95. The van der Waals surface area contributed by atoms with Crippen molar-refractivity contribution in [1.82, 2.24) is 10.6 Å². The Morgan fingerprint density at radius 2 is 2.07 bits per heavy atom. The summed E-state index contributed by atoms with van der Waals surface area (Å²) in [4.78, 5) is 4.53. The van der Waals surface area contributed by atoms with Crippen molar-refractivity contribution in [2.75, 3.05) is 20.4 Å². The van der Waals surface area contributed by atoms with Gasteiger partial charge in [0.05, 0.1) is 12.8 Å². The fraction of sp³-hybridized carbons (Fsp3) is 0.318. The first-order valence-electron chi connectivity index (χ1n) is 9.74. The molecule has 0 fully saturated rings. The maximum Gasteiger partial charge on any atom is 0.231 e. The van der Waals surface area contributed by atoms with E-state index in [1.165, 1.54) is 0 Å². The molecule has 2 aliphatic rings. The minimum atomic E-state index is -0.575. The van der Waals surface area contributed by atoms with Crippen LogP contribution >= 0.6 is 0 Å². The number of methoxy groups -OCH3 is 1. The van der Waals surface area contributed by atoms with Crippen molar-refractivity contribution < 1.29 is 14.2 Å². The lowest BCUT2D eigenvalue weighted by Crippen LogP contribution is -2.62. The van der Waals surface area contributed by atoms with E-state index < -0.39 is 5.66 Å². The second kappa shape index (κ2) is 8.05. The van der Waals surface area contributed by atoms with Gasteiger partial charge < -0.3 is 25.3 Å². The number of rotatable bonds is 7. The molecule has 7 heteroatoms. The highest BCUT2D eigenvalue weighted by Crippen LogP contribution is 2.34. The molecule has 2 heterocycles. The Morgan fingerprint density at radius 3 is 2.90 bits per heavy atom. The van der Waals surface area contributed by atoms with Gasteiger partial charge in [-0.1, -0.05) is 25.1 Å². The van der Waals surface area contributed by atoms with Crippen LogP contribution < -0.4 is 30.6 Å². The molecule has 1 unspecified atom stereocenters. The van der Waals surface area contributed by atoms with Gasteiger partial charge in [0.2, 0.25) is 6.79 Å². The molecular weight excluding hydrogens is 368 g/mol. The van der Waals surface area contributed by atoms with Crippen molar-refractivity contribution in [3.8, 4) is 17.2 Å². The molecule has 2 aliphatic heterocycles. The fourth-order valence-electron chi connectivity index (χ4n) is 3.59. The number of nitrogens with two attached hydrogens (primary N) is 1. The fourth-order valence-corrected chi connectivity index (χ4v) is 3.59. The number of benzene rings is 2. The number of hydrogen-bond donors (Lipinski definition) is 3. The van der Waals surface area contributed by atoms with E-state index in [1.807, 2.05) is 42.5 Å². The third-order valence-corrected chi connectivity index (χ3v) is 4.95. The third-order valence-electron chi connectivity index (χ3n) is 4.95. The Kier molecular flexibility index (Phi) is 5.31. The lowest BCUT2D eigenvalue weighted by atomic mass is 9.95. The maximum atomic E-state index is 6.21. The van der Waals surface area contributed by atoms with E-state index in [9.17, 15) is 0 Å². The molecule has 1 atom stereocenters. The highest BCUT2D eigenvalue weighted by Gasteiger charge is 2.32. The van der Waals surface area contributed by atoms with E-state index >= 15 is 0 Å². The van der Waals surface area contributed by atoms with Crippen LogP contribution in [0.5, 0.6) is 17.2 Å². The van der Waals surface area contributed by atoms with Crippen LogP contribution in [0.15, 0.2) is 53.5 Å². The topological polar surface area (TPSA) is 90.1 Å². The first-order valence-corrected chi connectivity index (χ1v) is 9.74. The van der Waals surface area contributed by atoms with Crippen molar-refractivity contribution in [1.29, 1.82) is 0 Å². The molecule has 29 heavy (non-hydrogen) atoms. The molecule has 2 aromatic rings. The largest absolute Gasteiger partial charge is 0.497 e. The van der Waals surface area contributed by atoms with Crippen LogP contribution in [-0.2, 0) is 6.42 Å². The van der Waals surface area contributed by atoms with E-state index in [0.717, 1.165) is 47.0 Å². The maximum absolute atomic E-state index is 6.21. The second-order valence-electron chi connectivity index (χ2n) is 7.15. The molecule has 4 N–H and O–H groups in total. The highest BCUT2D eigenvalue weighted by atomic mass is 16.7. The summed E-state index contributed by atoms with van der Waals surface area (Å²) in [6.45, 7) is 3.22. The molecule has 0 saturated carbocycles. The molecule has 0 aromatic heterocycles. The average molecular weight is 394 g/mol. The van der Waals surface area contributed by atoms with Crippen LogP contribution in [0.3, 0.4) is 0 Å². The van der Waals surface area contributed by atoms with Gasteiger partial charge in [0.1, 0.15) is 11.4 Å². The Hall–Kier alpha value is -3.19. The molecular formula is C22H26N4O3. The normalized spacial score (nSPS) is 19.9. The molecule has 2 aromatic carbocycles. The summed E-state index contributed by atoms with van der Waals surface area (Å²) >= 11 is 0. The van der Waals surface area contributed by atoms with Gasteiger partial charge in [-0.05, 0) is 48.9 Å². The van der Waals surface area contributed by atoms with Gasteiger partial charge >= 0.3 is 0 Å². The molecule has 0 amide bonds. The zero-order valence-electron chi connectivity index (χ0n) is 16.7. The minimum absolute atomic E-state index is 0.260. The third kappa shape index (κ3) is 4.14. The standard InChI is InChI=1S/C22H26N4O3/c1-3-9-24-22(12-15-7-8-19-20(10-15)29-14-28-19)13-18(25-21(23)26-22)16-5-4-6-17(11-16)27-2/h4-8,10-11,13,24H,3,9,12,14H2,1-2H3,(H3,23,25,26). The van der Waals surface area contributed by atoms with Gasteiger partial charge in [0, 0.05) is 12.0 Å². The number of guanidine groups is 1. The van der Waals surface area contributed by atoms with E-state index in [4.69, 9.17) is 19.9 Å². The van der Waals surface area contributed by atoms with Crippen LogP contribution in [0, 0.1) is 0 Å². The van der Waals surface area contributed by atoms with Crippen LogP contribution in [0.25, 0.3) is 5.70 Å². The first kappa shape index (κ1) is 19.1. The Labute approximate surface area is 170 Å². The number of nitrogens with zero attached hydrogens (tertiary/aromatic N) is 1. The summed E-state index contributed by atoms with van der Waals surface area (Å²) in [6, 6.07) is 13.8. The molecule has 0 aliphatic carbocycles. The monoisotopic (exact) mass is 394 g/mol. The quantitative estimate of drug-likeness (QED) is 0.669. The summed E-state index contributed by atoms with van der Waals surface area (Å²) in [6.07, 6.45) is 3.75. The van der Waals surface area contributed by atoms with Gasteiger partial charge in [-0.3, -0.25) is 5.32 Å². The summed E-state index contributed by atoms with van der Waals surface area (Å²) in [5.74, 6) is 2.69. The van der Waals surface area contributed by atoms with Crippen molar-refractivity contribution in [2.45, 2.75) is 25.4 Å². The molecule has 0 spiro atoms. The van der Waals surface area contributed by atoms with Gasteiger partial charge in [0.15, 0.2) is 17.5 Å². The number of aliphatic imine (C=N–C) groups is 1. The van der Waals surface area contributed by atoms with E-state index in [-0.39, 0.29) is 6.79 Å². The summed E-state index contributed by atoms with van der Waals surface area (Å²) in [7, 11) is 1.65. The molecule has 0 bridgehead atoms. The molecule has 0 radical (unpaired) electrons. The molecule has 0 saturated heterocycles. The predicted octanol–water partition coefficient (Wildman–Crippen LogP) is 2.62. The van der Waals surface area contributed by atoms with E-state index in [0.29, 0.717) is 12.4 Å². The average Bonchev–Trinajstić information content (AvgIpc) is 3.20. The lowest BCUT2D eigenvalue weighted by Gasteiger charge is -2.37. The number of nitrogens with one attached hydrogen (secondary N) is 2. The van der Waals surface area contributed by atoms with E-state index in [1.54, 1.807) is 7.11 Å². The second-order valence-corrected chi connectivity index (χ2v) is 7.15. The van der Waals surface area contributed by atoms with Crippen LogP contribution in [0.1, 0.15) is 24.5 Å². The van der Waals surface area contributed by atoms with Gasteiger partial charge in [0.25, 0.3) is 0 Å². The Morgan fingerprint density at radius 1 is 1.21 bits per heavy atom. The number of hydrogen-bond acceptors (Lipinski definition) is 7. The van der Waals surface area contributed by atoms with Gasteiger partial charge in [-0.15, -0.1) is 0 Å².